The van der Waals surface area contributed by atoms with Crippen LogP contribution in [0, 0.1) is 0 Å². The third-order valence-electron chi connectivity index (χ3n) is 4.11. The van der Waals surface area contributed by atoms with Gasteiger partial charge in [-0.3, -0.25) is 4.79 Å². The van der Waals surface area contributed by atoms with Crippen molar-refractivity contribution < 1.29 is 4.79 Å². The Kier molecular flexibility index (Phi) is 4.55. The number of hydrogen-bond donors (Lipinski definition) is 2. The Balaban J connectivity index is 2.11. The molecule has 1 aromatic carbocycles. The van der Waals surface area contributed by atoms with E-state index in [0.29, 0.717) is 0 Å². The van der Waals surface area contributed by atoms with Gasteiger partial charge < -0.3 is 10.6 Å². The van der Waals surface area contributed by atoms with Crippen molar-refractivity contribution in [3.63, 3.8) is 0 Å². The smallest absolute Gasteiger partial charge is 0.240 e. The van der Waals surface area contributed by atoms with Crippen LogP contribution in [0.15, 0.2) is 28.7 Å². The molecule has 4 heteroatoms. The molecule has 1 saturated heterocycles. The third-order valence-corrected chi connectivity index (χ3v) is 4.64. The maximum Gasteiger partial charge on any atom is 0.240 e. The standard InChI is InChI=1S/C16H23BrN2O/c1-15(2,12-6-8-13(17)9-7-12)19-14(20)16(3)10-4-5-11-18-16/h6-9,18H,4-5,10-11H2,1-3H3,(H,19,20). The second-order valence-corrected chi connectivity index (χ2v) is 7.22. The summed E-state index contributed by atoms with van der Waals surface area (Å²) in [5.74, 6) is 0.0881. The van der Waals surface area contributed by atoms with Gasteiger partial charge in [0, 0.05) is 4.47 Å². The molecule has 2 rings (SSSR count). The molecule has 0 aromatic heterocycles. The van der Waals surface area contributed by atoms with E-state index in [2.05, 4.69) is 26.6 Å². The second-order valence-electron chi connectivity index (χ2n) is 6.30. The molecular formula is C16H23BrN2O. The summed E-state index contributed by atoms with van der Waals surface area (Å²) in [7, 11) is 0. The van der Waals surface area contributed by atoms with Crippen LogP contribution in [-0.4, -0.2) is 18.0 Å². The number of hydrogen-bond acceptors (Lipinski definition) is 2. The minimum atomic E-state index is -0.440. The topological polar surface area (TPSA) is 41.1 Å². The van der Waals surface area contributed by atoms with Gasteiger partial charge in [-0.15, -0.1) is 0 Å². The molecule has 0 spiro atoms. The van der Waals surface area contributed by atoms with Crippen LogP contribution in [0.4, 0.5) is 0 Å². The first kappa shape index (κ1) is 15.5. The Hall–Kier alpha value is -0.870. The monoisotopic (exact) mass is 338 g/mol. The van der Waals surface area contributed by atoms with Gasteiger partial charge >= 0.3 is 0 Å². The largest absolute Gasteiger partial charge is 0.346 e. The first-order valence-electron chi connectivity index (χ1n) is 7.17. The molecule has 0 bridgehead atoms. The fourth-order valence-electron chi connectivity index (χ4n) is 2.61. The highest BCUT2D eigenvalue weighted by atomic mass is 79.9. The third kappa shape index (κ3) is 3.41. The Morgan fingerprint density at radius 2 is 1.95 bits per heavy atom. The SMILES string of the molecule is CC1(C(=O)NC(C)(C)c2ccc(Br)cc2)CCCCN1. The average molecular weight is 339 g/mol. The number of amides is 1. The lowest BCUT2D eigenvalue weighted by Gasteiger charge is -2.37. The van der Waals surface area contributed by atoms with Crippen LogP contribution < -0.4 is 10.6 Å². The molecule has 0 aliphatic carbocycles. The van der Waals surface area contributed by atoms with Crippen LogP contribution in [0.1, 0.15) is 45.6 Å². The predicted molar refractivity (Wildman–Crippen MR) is 85.6 cm³/mol. The van der Waals surface area contributed by atoms with Gasteiger partial charge in [0.1, 0.15) is 0 Å². The molecule has 0 saturated carbocycles. The first-order chi connectivity index (χ1) is 9.33. The van der Waals surface area contributed by atoms with Crippen LogP contribution >= 0.6 is 15.9 Å². The van der Waals surface area contributed by atoms with Crippen molar-refractivity contribution in [1.29, 1.82) is 0 Å². The van der Waals surface area contributed by atoms with Crippen LogP contribution in [0.5, 0.6) is 0 Å². The number of piperidine rings is 1. The van der Waals surface area contributed by atoms with E-state index in [9.17, 15) is 4.79 Å². The second kappa shape index (κ2) is 5.86. The average Bonchev–Trinajstić information content (AvgIpc) is 2.39. The molecule has 2 N–H and O–H groups in total. The van der Waals surface area contributed by atoms with Gasteiger partial charge in [-0.2, -0.15) is 0 Å². The number of nitrogens with one attached hydrogen (secondary N) is 2. The van der Waals surface area contributed by atoms with Gasteiger partial charge in [-0.05, 0) is 64.3 Å². The van der Waals surface area contributed by atoms with Crippen molar-refractivity contribution in [3.05, 3.63) is 34.3 Å². The zero-order valence-corrected chi connectivity index (χ0v) is 14.0. The summed E-state index contributed by atoms with van der Waals surface area (Å²) in [6.07, 6.45) is 3.16. The number of carbonyl (C=O) groups excluding carboxylic acids is 1. The normalized spacial score (nSPS) is 23.4. The van der Waals surface area contributed by atoms with E-state index < -0.39 is 5.54 Å². The summed E-state index contributed by atoms with van der Waals surface area (Å²) >= 11 is 3.44. The number of carbonyl (C=O) groups is 1. The van der Waals surface area contributed by atoms with Crippen LogP contribution in [0.2, 0.25) is 0 Å². The quantitative estimate of drug-likeness (QED) is 0.887. The minimum absolute atomic E-state index is 0.0881. The van der Waals surface area contributed by atoms with Crippen molar-refractivity contribution in [2.45, 2.75) is 51.1 Å². The highest BCUT2D eigenvalue weighted by molar-refractivity contribution is 9.10. The summed E-state index contributed by atoms with van der Waals surface area (Å²) in [5, 5.41) is 6.54. The fraction of sp³-hybridized carbons (Fsp3) is 0.562. The molecule has 20 heavy (non-hydrogen) atoms. The highest BCUT2D eigenvalue weighted by Crippen LogP contribution is 2.25. The number of rotatable bonds is 3. The molecule has 110 valence electrons. The molecule has 1 heterocycles. The lowest BCUT2D eigenvalue weighted by atomic mass is 9.87. The Labute approximate surface area is 129 Å². The number of halogens is 1. The van der Waals surface area contributed by atoms with E-state index in [1.54, 1.807) is 0 Å². The van der Waals surface area contributed by atoms with E-state index in [4.69, 9.17) is 0 Å². The molecular weight excluding hydrogens is 316 g/mol. The van der Waals surface area contributed by atoms with Gasteiger partial charge in [-0.25, -0.2) is 0 Å². The van der Waals surface area contributed by atoms with E-state index in [-0.39, 0.29) is 11.4 Å². The maximum absolute atomic E-state index is 12.6. The summed E-state index contributed by atoms with van der Waals surface area (Å²) in [6, 6.07) is 8.09. The zero-order valence-electron chi connectivity index (χ0n) is 12.4. The Morgan fingerprint density at radius 1 is 1.30 bits per heavy atom. The van der Waals surface area contributed by atoms with Gasteiger partial charge in [0.15, 0.2) is 0 Å². The van der Waals surface area contributed by atoms with Crippen molar-refractivity contribution in [2.75, 3.05) is 6.54 Å². The molecule has 0 radical (unpaired) electrons. The molecule has 1 aliphatic heterocycles. The first-order valence-corrected chi connectivity index (χ1v) is 7.96. The number of benzene rings is 1. The van der Waals surface area contributed by atoms with Gasteiger partial charge in [0.2, 0.25) is 5.91 Å². The fourth-order valence-corrected chi connectivity index (χ4v) is 2.87. The summed E-state index contributed by atoms with van der Waals surface area (Å²) < 4.78 is 1.05. The van der Waals surface area contributed by atoms with E-state index in [0.717, 1.165) is 35.8 Å². The predicted octanol–water partition coefficient (Wildman–Crippen LogP) is 3.33. The lowest BCUT2D eigenvalue weighted by Crippen LogP contribution is -2.59. The van der Waals surface area contributed by atoms with E-state index in [1.165, 1.54) is 0 Å². The van der Waals surface area contributed by atoms with Crippen molar-refractivity contribution >= 4 is 21.8 Å². The molecule has 1 fully saturated rings. The summed E-state index contributed by atoms with van der Waals surface area (Å²) in [6.45, 7) is 7.00. The van der Waals surface area contributed by atoms with Crippen molar-refractivity contribution in [1.82, 2.24) is 10.6 Å². The van der Waals surface area contributed by atoms with Gasteiger partial charge in [0.25, 0.3) is 0 Å². The Morgan fingerprint density at radius 3 is 2.50 bits per heavy atom. The van der Waals surface area contributed by atoms with Gasteiger partial charge in [0.05, 0.1) is 11.1 Å². The molecule has 1 aliphatic rings. The molecule has 1 aromatic rings. The molecule has 1 amide bonds. The van der Waals surface area contributed by atoms with Crippen molar-refractivity contribution in [3.8, 4) is 0 Å². The highest BCUT2D eigenvalue weighted by Gasteiger charge is 2.37. The lowest BCUT2D eigenvalue weighted by molar-refractivity contribution is -0.129. The molecule has 3 nitrogen and oxygen atoms in total. The van der Waals surface area contributed by atoms with Crippen LogP contribution in [-0.2, 0) is 10.3 Å². The van der Waals surface area contributed by atoms with E-state index in [1.807, 2.05) is 45.0 Å². The van der Waals surface area contributed by atoms with Crippen LogP contribution in [0.25, 0.3) is 0 Å². The van der Waals surface area contributed by atoms with Crippen molar-refractivity contribution in [2.24, 2.45) is 0 Å². The molecule has 1 atom stereocenters. The Bertz CT molecular complexity index is 476. The summed E-state index contributed by atoms with van der Waals surface area (Å²) in [4.78, 5) is 12.6. The summed E-state index contributed by atoms with van der Waals surface area (Å²) in [5.41, 5.74) is 0.290. The molecule has 1 unspecified atom stereocenters. The maximum atomic E-state index is 12.6. The zero-order chi connectivity index (χ0) is 14.8. The van der Waals surface area contributed by atoms with Crippen LogP contribution in [0.3, 0.4) is 0 Å². The van der Waals surface area contributed by atoms with Gasteiger partial charge in [-0.1, -0.05) is 28.1 Å². The van der Waals surface area contributed by atoms with E-state index >= 15 is 0 Å². The minimum Gasteiger partial charge on any atom is -0.346 e.